The van der Waals surface area contributed by atoms with Crippen molar-refractivity contribution in [3.63, 3.8) is 0 Å². The van der Waals surface area contributed by atoms with Gasteiger partial charge in [-0.05, 0) is 41.3 Å². The lowest BCUT2D eigenvalue weighted by atomic mass is 9.97. The van der Waals surface area contributed by atoms with Gasteiger partial charge in [0.25, 0.3) is 5.56 Å². The Balaban J connectivity index is 2.01. The van der Waals surface area contributed by atoms with Gasteiger partial charge >= 0.3 is 0 Å². The summed E-state index contributed by atoms with van der Waals surface area (Å²) in [5, 5.41) is 5.48. The van der Waals surface area contributed by atoms with Crippen molar-refractivity contribution in [3.05, 3.63) is 71.2 Å². The Morgan fingerprint density at radius 1 is 1.00 bits per heavy atom. The van der Waals surface area contributed by atoms with Crippen molar-refractivity contribution in [2.75, 3.05) is 11.0 Å². The fraction of sp³-hybridized carbons (Fsp3) is 0.143. The summed E-state index contributed by atoms with van der Waals surface area (Å²) in [5.74, 6) is -0.335. The van der Waals surface area contributed by atoms with E-state index in [9.17, 15) is 9.18 Å². The summed E-state index contributed by atoms with van der Waals surface area (Å²) in [7, 11) is 3.54. The summed E-state index contributed by atoms with van der Waals surface area (Å²) in [5.41, 5.74) is 3.67. The Morgan fingerprint density at radius 2 is 1.82 bits per heavy atom. The van der Waals surface area contributed by atoms with Gasteiger partial charge in [0.05, 0.1) is 6.20 Å². The number of aromatic nitrogens is 3. The minimum absolute atomic E-state index is 0.115. The molecule has 1 N–H and O–H groups in total. The Morgan fingerprint density at radius 3 is 2.54 bits per heavy atom. The van der Waals surface area contributed by atoms with Crippen LogP contribution in [-0.4, -0.2) is 20.6 Å². The third-order valence-electron chi connectivity index (χ3n) is 4.70. The Labute approximate surface area is 165 Å². The summed E-state index contributed by atoms with van der Waals surface area (Å²) in [6, 6.07) is 10.5. The van der Waals surface area contributed by atoms with Crippen molar-refractivity contribution in [1.29, 1.82) is 0 Å². The maximum atomic E-state index is 14.7. The van der Waals surface area contributed by atoms with Gasteiger partial charge in [-0.3, -0.25) is 9.48 Å². The van der Waals surface area contributed by atoms with Crippen LogP contribution in [0.25, 0.3) is 33.0 Å². The van der Waals surface area contributed by atoms with Crippen LogP contribution in [0.15, 0.2) is 59.8 Å². The summed E-state index contributed by atoms with van der Waals surface area (Å²) < 4.78 is 21.1. The van der Waals surface area contributed by atoms with E-state index in [4.69, 9.17) is 0 Å². The second kappa shape index (κ2) is 7.16. The number of rotatable bonds is 4. The lowest BCUT2D eigenvalue weighted by Gasteiger charge is -2.13. The Bertz CT molecular complexity index is 1250. The molecule has 142 valence electrons. The van der Waals surface area contributed by atoms with E-state index in [1.54, 1.807) is 42.3 Å². The van der Waals surface area contributed by atoms with Crippen molar-refractivity contribution in [3.8, 4) is 22.3 Å². The van der Waals surface area contributed by atoms with Gasteiger partial charge < -0.3 is 9.29 Å². The fourth-order valence-electron chi connectivity index (χ4n) is 3.34. The molecule has 0 spiro atoms. The van der Waals surface area contributed by atoms with Crippen LogP contribution >= 0.6 is 11.9 Å². The van der Waals surface area contributed by atoms with Crippen molar-refractivity contribution < 1.29 is 4.39 Å². The zero-order valence-corrected chi connectivity index (χ0v) is 16.5. The normalized spacial score (nSPS) is 11.1. The molecule has 0 saturated carbocycles. The average Bonchev–Trinajstić information content (AvgIpc) is 3.12. The molecule has 0 aliphatic heterocycles. The monoisotopic (exact) mass is 394 g/mol. The van der Waals surface area contributed by atoms with Gasteiger partial charge in [0.2, 0.25) is 0 Å². The molecule has 0 unspecified atom stereocenters. The van der Waals surface area contributed by atoms with E-state index in [2.05, 4.69) is 9.82 Å². The highest BCUT2D eigenvalue weighted by atomic mass is 32.2. The molecule has 2 aromatic carbocycles. The van der Waals surface area contributed by atoms with E-state index in [1.165, 1.54) is 22.6 Å². The number of halogens is 1. The number of benzene rings is 2. The van der Waals surface area contributed by atoms with Gasteiger partial charge in [-0.25, -0.2) is 4.39 Å². The van der Waals surface area contributed by atoms with E-state index in [1.807, 2.05) is 31.6 Å². The maximum Gasteiger partial charge on any atom is 0.258 e. The van der Waals surface area contributed by atoms with Crippen LogP contribution < -0.4 is 10.3 Å². The number of hydrogen-bond donors (Lipinski definition) is 1. The van der Waals surface area contributed by atoms with Gasteiger partial charge in [0, 0.05) is 60.5 Å². The number of nitrogens with zero attached hydrogens (tertiary/aromatic N) is 3. The van der Waals surface area contributed by atoms with Crippen LogP contribution in [0, 0.1) is 5.82 Å². The Hall–Kier alpha value is -3.06. The molecule has 0 bridgehead atoms. The quantitative estimate of drug-likeness (QED) is 0.520. The molecule has 0 atom stereocenters. The highest BCUT2D eigenvalue weighted by molar-refractivity contribution is 7.99. The number of pyridine rings is 1. The number of nitrogens with one attached hydrogen (secondary N) is 1. The summed E-state index contributed by atoms with van der Waals surface area (Å²) in [6.07, 6.45) is 7.28. The van der Waals surface area contributed by atoms with Crippen molar-refractivity contribution in [2.45, 2.75) is 0 Å². The van der Waals surface area contributed by atoms with Crippen LogP contribution in [0.2, 0.25) is 0 Å². The van der Waals surface area contributed by atoms with E-state index in [0.29, 0.717) is 21.9 Å². The zero-order valence-electron chi connectivity index (χ0n) is 15.7. The third-order valence-corrected chi connectivity index (χ3v) is 5.14. The van der Waals surface area contributed by atoms with E-state index >= 15 is 0 Å². The second-order valence-electron chi connectivity index (χ2n) is 6.62. The second-order valence-corrected chi connectivity index (χ2v) is 7.24. The van der Waals surface area contributed by atoms with Gasteiger partial charge in [-0.15, -0.1) is 0 Å². The van der Waals surface area contributed by atoms with Crippen LogP contribution in [0.3, 0.4) is 0 Å². The van der Waals surface area contributed by atoms with E-state index in [-0.39, 0.29) is 11.4 Å². The molecule has 0 amide bonds. The largest absolute Gasteiger partial charge is 0.330 e. The Kier molecular flexibility index (Phi) is 4.68. The van der Waals surface area contributed by atoms with Gasteiger partial charge in [0.1, 0.15) is 5.82 Å². The highest BCUT2D eigenvalue weighted by Crippen LogP contribution is 2.33. The van der Waals surface area contributed by atoms with Crippen molar-refractivity contribution in [1.82, 2.24) is 14.3 Å². The van der Waals surface area contributed by atoms with E-state index < -0.39 is 0 Å². The van der Waals surface area contributed by atoms with Gasteiger partial charge in [-0.2, -0.15) is 5.10 Å². The molecule has 4 aromatic rings. The van der Waals surface area contributed by atoms with Gasteiger partial charge in [0.15, 0.2) is 0 Å². The first-order valence-electron chi connectivity index (χ1n) is 8.69. The standard InChI is InChI=1S/C21H19FN4OS/c1-25-12-19(18-9-15(24-28-3)5-7-20(18)22)17-8-13(4-6-16(17)21(25)27)14-10-23-26(2)11-14/h4-12,24H,1-3H3. The maximum absolute atomic E-state index is 14.7. The van der Waals surface area contributed by atoms with Gasteiger partial charge in [-0.1, -0.05) is 18.0 Å². The summed E-state index contributed by atoms with van der Waals surface area (Å²) in [4.78, 5) is 12.7. The minimum atomic E-state index is -0.335. The fourth-order valence-corrected chi connectivity index (χ4v) is 3.71. The van der Waals surface area contributed by atoms with Crippen molar-refractivity contribution >= 4 is 28.4 Å². The highest BCUT2D eigenvalue weighted by Gasteiger charge is 2.15. The number of aryl methyl sites for hydroxylation is 2. The molecular weight excluding hydrogens is 375 g/mol. The number of hydrogen-bond acceptors (Lipinski definition) is 4. The van der Waals surface area contributed by atoms with Crippen molar-refractivity contribution in [2.24, 2.45) is 14.1 Å². The smallest absolute Gasteiger partial charge is 0.258 e. The topological polar surface area (TPSA) is 51.9 Å². The van der Waals surface area contributed by atoms with Crippen LogP contribution in [0.1, 0.15) is 0 Å². The first-order valence-corrected chi connectivity index (χ1v) is 9.91. The lowest BCUT2D eigenvalue weighted by Crippen LogP contribution is -2.16. The molecule has 7 heteroatoms. The molecule has 2 heterocycles. The first kappa shape index (κ1) is 18.3. The summed E-state index contributed by atoms with van der Waals surface area (Å²) in [6.45, 7) is 0. The third kappa shape index (κ3) is 3.18. The molecule has 0 aliphatic rings. The lowest BCUT2D eigenvalue weighted by molar-refractivity contribution is 0.631. The molecule has 0 radical (unpaired) electrons. The molecular formula is C21H19FN4OS. The first-order chi connectivity index (χ1) is 13.5. The van der Waals surface area contributed by atoms with Crippen LogP contribution in [0.5, 0.6) is 0 Å². The summed E-state index contributed by atoms with van der Waals surface area (Å²) >= 11 is 1.44. The van der Waals surface area contributed by atoms with Crippen LogP contribution in [-0.2, 0) is 14.1 Å². The number of anilines is 1. The molecule has 5 nitrogen and oxygen atoms in total. The zero-order chi connectivity index (χ0) is 19.8. The molecule has 0 fully saturated rings. The van der Waals surface area contributed by atoms with E-state index in [0.717, 1.165) is 16.8 Å². The predicted molar refractivity (Wildman–Crippen MR) is 114 cm³/mol. The molecule has 28 heavy (non-hydrogen) atoms. The molecule has 0 aliphatic carbocycles. The number of fused-ring (bicyclic) bond motifs is 1. The minimum Gasteiger partial charge on any atom is -0.330 e. The SMILES string of the molecule is CSNc1ccc(F)c(-c2cn(C)c(=O)c3ccc(-c4cnn(C)c4)cc23)c1. The predicted octanol–water partition coefficient (Wildman–Crippen LogP) is 4.44. The average molecular weight is 394 g/mol. The molecule has 0 saturated heterocycles. The van der Waals surface area contributed by atoms with Crippen LogP contribution in [0.4, 0.5) is 10.1 Å². The molecule has 4 rings (SSSR count). The molecule has 2 aromatic heterocycles.